The van der Waals surface area contributed by atoms with Crippen molar-refractivity contribution in [1.82, 2.24) is 0 Å². The lowest BCUT2D eigenvalue weighted by Gasteiger charge is -2.24. The Morgan fingerprint density at radius 1 is 0.500 bits per heavy atom. The third-order valence-corrected chi connectivity index (χ3v) is 9.71. The molecular weight excluding hydrogens is 484 g/mol. The normalized spacial score (nSPS) is 20.1. The van der Waals surface area contributed by atoms with Crippen molar-refractivity contribution in [3.8, 4) is 0 Å². The molecule has 0 aromatic heterocycles. The van der Waals surface area contributed by atoms with Gasteiger partial charge >= 0.3 is 0 Å². The molecule has 0 N–H and O–H groups in total. The zero-order chi connectivity index (χ0) is 27.1. The average Bonchev–Trinajstić information content (AvgIpc) is 3.29. The number of para-hydroxylation sites is 2. The molecule has 3 aliphatic carbocycles. The quantitative estimate of drug-likeness (QED) is 0.254. The van der Waals surface area contributed by atoms with Crippen molar-refractivity contribution in [2.24, 2.45) is 9.98 Å². The maximum absolute atomic E-state index is 5.61. The molecule has 0 bridgehead atoms. The fourth-order valence-electron chi connectivity index (χ4n) is 7.60. The Hall–Kier alpha value is -3.52. The molecule has 2 fully saturated rings. The van der Waals surface area contributed by atoms with Crippen molar-refractivity contribution in [2.75, 3.05) is 0 Å². The molecule has 0 amide bonds. The average molecular weight is 525 g/mol. The Morgan fingerprint density at radius 3 is 1.38 bits per heavy atom. The van der Waals surface area contributed by atoms with E-state index < -0.39 is 0 Å². The van der Waals surface area contributed by atoms with E-state index in [9.17, 15) is 0 Å². The summed E-state index contributed by atoms with van der Waals surface area (Å²) in [6.07, 6.45) is 13.1. The number of aliphatic imine (C=N–C) groups is 2. The van der Waals surface area contributed by atoms with Gasteiger partial charge in [0, 0.05) is 16.5 Å². The van der Waals surface area contributed by atoms with Gasteiger partial charge < -0.3 is 0 Å². The summed E-state index contributed by atoms with van der Waals surface area (Å²) in [5.41, 5.74) is 12.2. The molecule has 202 valence electrons. The van der Waals surface area contributed by atoms with Crippen LogP contribution in [0.4, 0.5) is 11.4 Å². The molecule has 0 aliphatic heterocycles. The van der Waals surface area contributed by atoms with Crippen molar-refractivity contribution < 1.29 is 0 Å². The van der Waals surface area contributed by atoms with E-state index in [0.717, 1.165) is 11.4 Å². The second-order valence-electron chi connectivity index (χ2n) is 12.3. The molecule has 2 saturated carbocycles. The molecule has 7 rings (SSSR count). The number of hydrogen-bond acceptors (Lipinski definition) is 2. The van der Waals surface area contributed by atoms with Crippen LogP contribution in [0.25, 0.3) is 10.8 Å². The van der Waals surface area contributed by atoms with Gasteiger partial charge in [0.25, 0.3) is 0 Å². The van der Waals surface area contributed by atoms with Crippen LogP contribution in [-0.2, 0) is 0 Å². The van der Waals surface area contributed by atoms with Crippen LogP contribution in [-0.4, -0.2) is 11.4 Å². The summed E-state index contributed by atoms with van der Waals surface area (Å²) in [4.78, 5) is 11.2. The van der Waals surface area contributed by atoms with Crippen molar-refractivity contribution in [3.63, 3.8) is 0 Å². The highest BCUT2D eigenvalue weighted by Gasteiger charge is 2.29. The van der Waals surface area contributed by atoms with Gasteiger partial charge in [0.05, 0.1) is 22.8 Å². The van der Waals surface area contributed by atoms with Crippen molar-refractivity contribution in [1.29, 1.82) is 0 Å². The maximum atomic E-state index is 5.61. The third kappa shape index (κ3) is 4.52. The first-order valence-corrected chi connectivity index (χ1v) is 15.6. The minimum Gasteiger partial charge on any atom is -0.246 e. The molecule has 0 saturated heterocycles. The third-order valence-electron chi connectivity index (χ3n) is 9.71. The first kappa shape index (κ1) is 25.4. The Bertz CT molecular complexity index is 1510. The van der Waals surface area contributed by atoms with Crippen molar-refractivity contribution >= 4 is 33.6 Å². The van der Waals surface area contributed by atoms with Crippen LogP contribution in [0.1, 0.15) is 109 Å². The van der Waals surface area contributed by atoms with Gasteiger partial charge in [-0.15, -0.1) is 0 Å². The zero-order valence-corrected chi connectivity index (χ0v) is 24.0. The first-order valence-electron chi connectivity index (χ1n) is 15.6. The molecule has 40 heavy (non-hydrogen) atoms. The zero-order valence-electron chi connectivity index (χ0n) is 24.0. The van der Waals surface area contributed by atoms with Gasteiger partial charge in [0.1, 0.15) is 0 Å². The molecule has 4 aromatic rings. The van der Waals surface area contributed by atoms with Gasteiger partial charge in [0.15, 0.2) is 0 Å². The van der Waals surface area contributed by atoms with Crippen LogP contribution in [0.3, 0.4) is 0 Å². The van der Waals surface area contributed by atoms with Crippen LogP contribution in [0.5, 0.6) is 0 Å². The van der Waals surface area contributed by atoms with E-state index in [1.54, 1.807) is 0 Å². The first-order chi connectivity index (χ1) is 19.7. The van der Waals surface area contributed by atoms with Gasteiger partial charge in [-0.1, -0.05) is 111 Å². The van der Waals surface area contributed by atoms with E-state index in [0.29, 0.717) is 11.8 Å². The summed E-state index contributed by atoms with van der Waals surface area (Å²) in [5, 5.41) is 2.56. The lowest BCUT2D eigenvalue weighted by Crippen LogP contribution is -2.12. The predicted molar refractivity (Wildman–Crippen MR) is 170 cm³/mol. The Morgan fingerprint density at radius 2 is 0.925 bits per heavy atom. The van der Waals surface area contributed by atoms with Crippen molar-refractivity contribution in [2.45, 2.75) is 89.9 Å². The molecule has 0 unspecified atom stereocenters. The molecular formula is C38H40N2. The molecule has 3 aliphatic rings. The van der Waals surface area contributed by atoms with Crippen LogP contribution < -0.4 is 0 Å². The molecule has 0 heterocycles. The Kier molecular flexibility index (Phi) is 6.87. The Balaban J connectivity index is 1.45. The second kappa shape index (κ2) is 10.8. The largest absolute Gasteiger partial charge is 0.246 e. The Labute approximate surface area is 239 Å². The summed E-state index contributed by atoms with van der Waals surface area (Å²) >= 11 is 0. The fraction of sp³-hybridized carbons (Fsp3) is 0.368. The highest BCUT2D eigenvalue weighted by atomic mass is 14.8. The summed E-state index contributed by atoms with van der Waals surface area (Å²) in [6, 6.07) is 26.9. The summed E-state index contributed by atoms with van der Waals surface area (Å²) < 4.78 is 0. The van der Waals surface area contributed by atoms with Gasteiger partial charge in [-0.2, -0.15) is 0 Å². The van der Waals surface area contributed by atoms with E-state index in [2.05, 4.69) is 86.6 Å². The van der Waals surface area contributed by atoms with Gasteiger partial charge in [-0.05, 0) is 79.0 Å². The van der Waals surface area contributed by atoms with Crippen LogP contribution in [0, 0.1) is 13.8 Å². The monoisotopic (exact) mass is 524 g/mol. The van der Waals surface area contributed by atoms with E-state index in [1.165, 1.54) is 120 Å². The summed E-state index contributed by atoms with van der Waals surface area (Å²) in [6.45, 7) is 4.46. The molecule has 0 spiro atoms. The van der Waals surface area contributed by atoms with Crippen LogP contribution >= 0.6 is 0 Å². The smallest absolute Gasteiger partial charge is 0.0979 e. The fourth-order valence-corrected chi connectivity index (χ4v) is 7.60. The lowest BCUT2D eigenvalue weighted by atomic mass is 9.82. The van der Waals surface area contributed by atoms with E-state index >= 15 is 0 Å². The molecule has 4 aromatic carbocycles. The highest BCUT2D eigenvalue weighted by Crippen LogP contribution is 2.43. The van der Waals surface area contributed by atoms with Crippen molar-refractivity contribution in [3.05, 3.63) is 106 Å². The molecule has 0 atom stereocenters. The maximum Gasteiger partial charge on any atom is 0.0979 e. The molecule has 2 nitrogen and oxygen atoms in total. The number of nitrogens with zero attached hydrogens (tertiary/aromatic N) is 2. The summed E-state index contributed by atoms with van der Waals surface area (Å²) in [7, 11) is 0. The van der Waals surface area contributed by atoms with Gasteiger partial charge in [0.2, 0.25) is 0 Å². The molecule has 0 radical (unpaired) electrons. The second-order valence-corrected chi connectivity index (χ2v) is 12.3. The number of rotatable bonds is 4. The number of benzene rings is 4. The van der Waals surface area contributed by atoms with E-state index in [1.807, 2.05) is 0 Å². The minimum atomic E-state index is 0.599. The predicted octanol–water partition coefficient (Wildman–Crippen LogP) is 10.8. The van der Waals surface area contributed by atoms with E-state index in [4.69, 9.17) is 9.98 Å². The number of aryl methyl sites for hydroxylation is 2. The topological polar surface area (TPSA) is 24.7 Å². The van der Waals surface area contributed by atoms with Crippen LogP contribution in [0.2, 0.25) is 0 Å². The minimum absolute atomic E-state index is 0.599. The SMILES string of the molecule is Cc1cccc(C2CCCCC2)c1N=C1C(=Nc2c(C)cccc2C2CCCCC2)c2cccc3cccc1c23. The lowest BCUT2D eigenvalue weighted by molar-refractivity contribution is 0.444. The van der Waals surface area contributed by atoms with Gasteiger partial charge in [-0.3, -0.25) is 0 Å². The highest BCUT2D eigenvalue weighted by molar-refractivity contribution is 6.61. The number of hydrogen-bond donors (Lipinski definition) is 0. The van der Waals surface area contributed by atoms with E-state index in [-0.39, 0.29) is 0 Å². The van der Waals surface area contributed by atoms with Crippen LogP contribution in [0.15, 0.2) is 82.8 Å². The van der Waals surface area contributed by atoms with Gasteiger partial charge in [-0.25, -0.2) is 9.98 Å². The summed E-state index contributed by atoms with van der Waals surface area (Å²) in [5.74, 6) is 1.20. The molecule has 2 heteroatoms. The standard InChI is InChI=1S/C38H40N2/c1-25-13-9-21-30(27-15-5-3-6-16-27)35(25)39-37-32-23-11-19-29-20-12-24-33(34(29)32)38(37)40-36-26(2)14-10-22-31(36)28-17-7-4-8-18-28/h9-14,19-24,27-28H,3-8,15-18H2,1-2H3.